The molecule has 0 bridgehead atoms. The van der Waals surface area contributed by atoms with Crippen molar-refractivity contribution in [2.45, 2.75) is 49.4 Å². The molecule has 0 aromatic heterocycles. The highest BCUT2D eigenvalue weighted by Gasteiger charge is 2.48. The van der Waals surface area contributed by atoms with Crippen molar-refractivity contribution in [3.05, 3.63) is 107 Å². The van der Waals surface area contributed by atoms with Gasteiger partial charge in [-0.05, 0) is 59.5 Å². The maximum Gasteiger partial charge on any atom is 0.233 e. The molecule has 9 heteroatoms. The average Bonchev–Trinajstić information content (AvgIpc) is 2.96. The number of nitrogens with zero attached hydrogens (tertiary/aromatic N) is 1. The summed E-state index contributed by atoms with van der Waals surface area (Å²) in [5.41, 5.74) is 3.06. The predicted molar refractivity (Wildman–Crippen MR) is 144 cm³/mol. The second-order valence-corrected chi connectivity index (χ2v) is 10.2. The minimum Gasteiger partial charge on any atom is -0.394 e. The van der Waals surface area contributed by atoms with Crippen molar-refractivity contribution in [1.29, 1.82) is 0 Å². The van der Waals surface area contributed by atoms with Gasteiger partial charge in [0.1, 0.15) is 36.1 Å². The lowest BCUT2D eigenvalue weighted by molar-refractivity contribution is -0.228. The molecule has 2 heterocycles. The first-order valence-electron chi connectivity index (χ1n) is 13.2. The summed E-state index contributed by atoms with van der Waals surface area (Å²) in [5.74, 6) is -1.18. The summed E-state index contributed by atoms with van der Waals surface area (Å²) in [6.07, 6.45) is -1.57. The molecule has 2 fully saturated rings. The minimum absolute atomic E-state index is 0.0919. The third-order valence-electron chi connectivity index (χ3n) is 7.64. The second-order valence-electron chi connectivity index (χ2n) is 10.2. The molecule has 40 heavy (non-hydrogen) atoms. The Morgan fingerprint density at radius 2 is 1.40 bits per heavy atom. The lowest BCUT2D eigenvalue weighted by Gasteiger charge is -2.47. The number of ether oxygens (including phenoxy) is 1. The Hall–Kier alpha value is -3.47. The first kappa shape index (κ1) is 28.1. The van der Waals surface area contributed by atoms with Crippen molar-refractivity contribution in [1.82, 2.24) is 0 Å². The van der Waals surface area contributed by atoms with Gasteiger partial charge >= 0.3 is 0 Å². The molecule has 7 atom stereocenters. The number of rotatable bonds is 8. The van der Waals surface area contributed by atoms with Crippen molar-refractivity contribution < 1.29 is 38.7 Å². The van der Waals surface area contributed by atoms with Crippen LogP contribution in [-0.2, 0) is 16.0 Å². The van der Waals surface area contributed by atoms with Crippen molar-refractivity contribution in [3.63, 3.8) is 0 Å². The monoisotopic (exact) mass is 551 g/mol. The van der Waals surface area contributed by atoms with Crippen molar-refractivity contribution in [2.24, 2.45) is 5.92 Å². The van der Waals surface area contributed by atoms with Gasteiger partial charge < -0.3 is 30.1 Å². The second kappa shape index (κ2) is 12.0. The van der Waals surface area contributed by atoms with E-state index in [9.17, 15) is 34.0 Å². The molecule has 5 rings (SSSR count). The number of aliphatic hydroxyl groups is 4. The van der Waals surface area contributed by atoms with E-state index in [1.165, 1.54) is 24.3 Å². The SMILES string of the molecule is O=C1[C@H](C/C=C/c2ccc(F)cc2)[C@@H](c2ccc(C[C@@H]3O[C@H](CO)[C@@H](O)[C@H](O)[C@H]3O)cc2)N1c1ccc(F)cc1. The highest BCUT2D eigenvalue weighted by Crippen LogP contribution is 2.45. The summed E-state index contributed by atoms with van der Waals surface area (Å²) >= 11 is 0. The smallest absolute Gasteiger partial charge is 0.233 e. The van der Waals surface area contributed by atoms with Crippen LogP contribution >= 0.6 is 0 Å². The standard InChI is InChI=1S/C31H31F2NO6/c32-21-10-6-18(7-11-21)2-1-3-24-27(34(31(24)39)23-14-12-22(33)13-15-23)20-8-4-19(5-9-20)16-25-28(36)30(38)29(37)26(17-35)40-25/h1-2,4-15,24-30,35-38H,3,16-17H2/b2-1+/t24-,25+,26-,27-,28+,29-,30-/m1/s1. The summed E-state index contributed by atoms with van der Waals surface area (Å²) < 4.78 is 32.4. The van der Waals surface area contributed by atoms with E-state index in [-0.39, 0.29) is 30.1 Å². The Kier molecular flexibility index (Phi) is 8.39. The summed E-state index contributed by atoms with van der Waals surface area (Å²) in [6, 6.07) is 19.0. The van der Waals surface area contributed by atoms with Crippen LogP contribution in [0.4, 0.5) is 14.5 Å². The van der Waals surface area contributed by atoms with Gasteiger partial charge in [0.2, 0.25) is 5.91 Å². The highest BCUT2D eigenvalue weighted by molar-refractivity contribution is 6.03. The molecule has 3 aromatic carbocycles. The van der Waals surface area contributed by atoms with E-state index in [0.717, 1.165) is 16.7 Å². The Labute approximate surface area is 230 Å². The van der Waals surface area contributed by atoms with Gasteiger partial charge in [0.15, 0.2) is 0 Å². The maximum absolute atomic E-state index is 13.6. The number of allylic oxidation sites excluding steroid dienone is 1. The van der Waals surface area contributed by atoms with Crippen molar-refractivity contribution in [2.75, 3.05) is 11.5 Å². The fourth-order valence-corrected chi connectivity index (χ4v) is 5.40. The lowest BCUT2D eigenvalue weighted by atomic mass is 9.79. The van der Waals surface area contributed by atoms with Gasteiger partial charge in [0.25, 0.3) is 0 Å². The average molecular weight is 552 g/mol. The summed E-state index contributed by atoms with van der Waals surface area (Å²) in [4.78, 5) is 14.9. The molecule has 0 aliphatic carbocycles. The number of anilines is 1. The molecule has 0 unspecified atom stereocenters. The number of β-lactam (4-membered cyclic amide) rings is 1. The molecule has 0 radical (unpaired) electrons. The number of aliphatic hydroxyl groups excluding tert-OH is 4. The van der Waals surface area contributed by atoms with Crippen LogP contribution in [0.2, 0.25) is 0 Å². The molecule has 0 saturated carbocycles. The molecular formula is C31H31F2NO6. The number of benzene rings is 3. The molecule has 4 N–H and O–H groups in total. The molecular weight excluding hydrogens is 520 g/mol. The number of hydrogen-bond acceptors (Lipinski definition) is 6. The normalized spacial score (nSPS) is 28.6. The van der Waals surface area contributed by atoms with Crippen LogP contribution in [0.5, 0.6) is 0 Å². The zero-order valence-corrected chi connectivity index (χ0v) is 21.6. The van der Waals surface area contributed by atoms with Gasteiger partial charge in [-0.15, -0.1) is 0 Å². The van der Waals surface area contributed by atoms with Gasteiger partial charge in [0.05, 0.1) is 24.7 Å². The fraction of sp³-hybridized carbons (Fsp3) is 0.323. The van der Waals surface area contributed by atoms with Crippen molar-refractivity contribution >= 4 is 17.7 Å². The van der Waals surface area contributed by atoms with Gasteiger partial charge in [-0.2, -0.15) is 0 Å². The van der Waals surface area contributed by atoms with E-state index >= 15 is 0 Å². The van der Waals surface area contributed by atoms with Gasteiger partial charge in [-0.25, -0.2) is 8.78 Å². The summed E-state index contributed by atoms with van der Waals surface area (Å²) in [6.45, 7) is -0.494. The van der Waals surface area contributed by atoms with Crippen LogP contribution in [0.3, 0.4) is 0 Å². The van der Waals surface area contributed by atoms with E-state index in [4.69, 9.17) is 4.74 Å². The molecule has 2 aliphatic rings. The lowest BCUT2D eigenvalue weighted by Crippen LogP contribution is -2.59. The topological polar surface area (TPSA) is 110 Å². The zero-order valence-electron chi connectivity index (χ0n) is 21.6. The third-order valence-corrected chi connectivity index (χ3v) is 7.64. The van der Waals surface area contributed by atoms with Crippen LogP contribution < -0.4 is 4.90 Å². The van der Waals surface area contributed by atoms with Gasteiger partial charge in [0, 0.05) is 12.1 Å². The number of carbonyl (C=O) groups is 1. The minimum atomic E-state index is -1.44. The van der Waals surface area contributed by atoms with E-state index in [1.54, 1.807) is 29.2 Å². The number of carbonyl (C=O) groups excluding carboxylic acids is 1. The van der Waals surface area contributed by atoms with E-state index in [2.05, 4.69) is 0 Å². The molecule has 0 spiro atoms. The molecule has 3 aromatic rings. The van der Waals surface area contributed by atoms with E-state index in [0.29, 0.717) is 12.1 Å². The Morgan fingerprint density at radius 1 is 0.800 bits per heavy atom. The Bertz CT molecular complexity index is 1330. The zero-order chi connectivity index (χ0) is 28.4. The maximum atomic E-state index is 13.6. The number of hydrogen-bond donors (Lipinski definition) is 4. The first-order valence-corrected chi connectivity index (χ1v) is 13.2. The number of halogens is 2. The number of amides is 1. The molecule has 2 saturated heterocycles. The Morgan fingerprint density at radius 3 is 2.02 bits per heavy atom. The molecule has 2 aliphatic heterocycles. The highest BCUT2D eigenvalue weighted by atomic mass is 19.1. The van der Waals surface area contributed by atoms with Crippen LogP contribution in [0, 0.1) is 17.6 Å². The van der Waals surface area contributed by atoms with Gasteiger partial charge in [-0.3, -0.25) is 4.79 Å². The largest absolute Gasteiger partial charge is 0.394 e. The van der Waals surface area contributed by atoms with Crippen LogP contribution in [-0.4, -0.2) is 63.5 Å². The first-order chi connectivity index (χ1) is 19.3. The van der Waals surface area contributed by atoms with Gasteiger partial charge in [-0.1, -0.05) is 48.6 Å². The Balaban J connectivity index is 1.34. The summed E-state index contributed by atoms with van der Waals surface area (Å²) in [7, 11) is 0. The van der Waals surface area contributed by atoms with Crippen LogP contribution in [0.25, 0.3) is 6.08 Å². The third kappa shape index (κ3) is 5.70. The van der Waals surface area contributed by atoms with E-state index in [1.807, 2.05) is 36.4 Å². The van der Waals surface area contributed by atoms with E-state index < -0.39 is 42.9 Å². The quantitative estimate of drug-likeness (QED) is 0.320. The molecule has 210 valence electrons. The van der Waals surface area contributed by atoms with Crippen molar-refractivity contribution in [3.8, 4) is 0 Å². The fourth-order valence-electron chi connectivity index (χ4n) is 5.40. The van der Waals surface area contributed by atoms with Crippen LogP contribution in [0.15, 0.2) is 78.9 Å². The summed E-state index contributed by atoms with van der Waals surface area (Å²) in [5, 5.41) is 39.9. The molecule has 7 nitrogen and oxygen atoms in total. The van der Waals surface area contributed by atoms with Crippen LogP contribution in [0.1, 0.15) is 29.2 Å². The molecule has 1 amide bonds. The predicted octanol–water partition coefficient (Wildman–Crippen LogP) is 3.16.